The van der Waals surface area contributed by atoms with Crippen LogP contribution in [-0.4, -0.2) is 49.4 Å². The number of nitrogens with one attached hydrogen (secondary N) is 1. The molecule has 7 nitrogen and oxygen atoms in total. The third kappa shape index (κ3) is 5.94. The Labute approximate surface area is 225 Å². The van der Waals surface area contributed by atoms with Crippen LogP contribution in [0, 0.1) is 17.6 Å². The fourth-order valence-corrected chi connectivity index (χ4v) is 5.22. The number of methoxy groups -OCH3 is 1. The van der Waals surface area contributed by atoms with Crippen molar-refractivity contribution in [3.8, 4) is 5.75 Å². The Balaban J connectivity index is 1.94. The third-order valence-corrected chi connectivity index (χ3v) is 12.4. The minimum absolute atomic E-state index is 0.0518. The Morgan fingerprint density at radius 3 is 2.41 bits per heavy atom. The Bertz CT molecular complexity index is 1220. The van der Waals surface area contributed by atoms with Gasteiger partial charge in [0.1, 0.15) is 6.10 Å². The van der Waals surface area contributed by atoms with Crippen LogP contribution in [0.2, 0.25) is 18.1 Å². The summed E-state index contributed by atoms with van der Waals surface area (Å²) in [5.41, 5.74) is -2.30. The van der Waals surface area contributed by atoms with E-state index in [1.54, 1.807) is 0 Å². The average molecular weight is 576 g/mol. The molecule has 1 saturated heterocycles. The lowest BCUT2D eigenvalue weighted by atomic mass is 9.77. The molecule has 1 aromatic heterocycles. The lowest BCUT2D eigenvalue weighted by Crippen LogP contribution is -2.47. The number of ether oxygens (including phenoxy) is 2. The summed E-state index contributed by atoms with van der Waals surface area (Å²) in [6, 6.07) is 3.39. The summed E-state index contributed by atoms with van der Waals surface area (Å²) < 4.78 is 87.4. The topological polar surface area (TPSA) is 82.6 Å². The summed E-state index contributed by atoms with van der Waals surface area (Å²) >= 11 is 0. The fourth-order valence-electron chi connectivity index (χ4n) is 4.27. The molecule has 1 aliphatic rings. The van der Waals surface area contributed by atoms with E-state index in [0.29, 0.717) is 5.69 Å². The number of aromatic nitrogens is 2. The lowest BCUT2D eigenvalue weighted by Gasteiger charge is -2.35. The highest BCUT2D eigenvalue weighted by molar-refractivity contribution is 6.74. The first-order chi connectivity index (χ1) is 17.8. The van der Waals surface area contributed by atoms with Crippen molar-refractivity contribution in [2.45, 2.75) is 83.2 Å². The first-order valence-corrected chi connectivity index (χ1v) is 15.3. The van der Waals surface area contributed by atoms with Gasteiger partial charge in [-0.15, -0.1) is 0 Å². The molecule has 1 fully saturated rings. The summed E-state index contributed by atoms with van der Waals surface area (Å²) in [6.45, 7) is 12.6. The molecule has 0 radical (unpaired) electrons. The molecule has 2 aromatic rings. The normalized spacial score (nSPS) is 24.1. The molecule has 13 heteroatoms. The quantitative estimate of drug-likeness (QED) is 0.306. The van der Waals surface area contributed by atoms with Gasteiger partial charge < -0.3 is 19.2 Å². The van der Waals surface area contributed by atoms with E-state index in [9.17, 15) is 26.7 Å². The standard InChI is InChI=1S/C26H34F5N3O4Si/c1-14-19(17-9-10-18(27)20(28)21(17)36-6)22(38-25(14,5)26(29,30)31)23(35)33-15-11-16(34-32-12-15)13-37-39(7,8)24(2,3)4/h9-12,14,19,22H,13H2,1-8H3,(H,33,34,35)/t14-,19-,22+,25+/m0/s1. The van der Waals surface area contributed by atoms with Crippen molar-refractivity contribution in [3.05, 3.63) is 47.3 Å². The zero-order chi connectivity index (χ0) is 29.6. The van der Waals surface area contributed by atoms with Gasteiger partial charge in [0, 0.05) is 17.4 Å². The van der Waals surface area contributed by atoms with E-state index in [1.807, 2.05) is 0 Å². The van der Waals surface area contributed by atoms with Gasteiger partial charge in [-0.1, -0.05) is 33.8 Å². The molecule has 1 aliphatic heterocycles. The second-order valence-corrected chi connectivity index (χ2v) is 16.2. The van der Waals surface area contributed by atoms with Crippen LogP contribution < -0.4 is 10.1 Å². The number of nitrogens with zero attached hydrogens (tertiary/aromatic N) is 2. The summed E-state index contributed by atoms with van der Waals surface area (Å²) in [5, 5.41) is 10.4. The fraction of sp³-hybridized carbons (Fsp3) is 0.577. The number of alkyl halides is 3. The Morgan fingerprint density at radius 2 is 1.85 bits per heavy atom. The number of carbonyl (C=O) groups excluding carboxylic acids is 1. The molecule has 216 valence electrons. The second kappa shape index (κ2) is 10.7. The minimum Gasteiger partial charge on any atom is -0.493 e. The number of hydrogen-bond donors (Lipinski definition) is 1. The van der Waals surface area contributed by atoms with E-state index in [1.165, 1.54) is 19.2 Å². The van der Waals surface area contributed by atoms with Crippen molar-refractivity contribution in [3.63, 3.8) is 0 Å². The highest BCUT2D eigenvalue weighted by Gasteiger charge is 2.66. The molecule has 2 heterocycles. The summed E-state index contributed by atoms with van der Waals surface area (Å²) in [6.07, 6.45) is -5.34. The monoisotopic (exact) mass is 575 g/mol. The van der Waals surface area contributed by atoms with Crippen LogP contribution in [0.1, 0.15) is 51.8 Å². The first kappa shape index (κ1) is 30.9. The molecular weight excluding hydrogens is 541 g/mol. The van der Waals surface area contributed by atoms with Crippen LogP contribution in [0.3, 0.4) is 0 Å². The summed E-state index contributed by atoms with van der Waals surface area (Å²) in [5.74, 6) is -6.80. The Morgan fingerprint density at radius 1 is 1.21 bits per heavy atom. The van der Waals surface area contributed by atoms with Gasteiger partial charge in [-0.05, 0) is 37.2 Å². The molecule has 0 spiro atoms. The van der Waals surface area contributed by atoms with E-state index in [0.717, 1.165) is 26.2 Å². The Hall–Kier alpha value is -2.64. The van der Waals surface area contributed by atoms with Crippen molar-refractivity contribution < 1.29 is 40.6 Å². The molecule has 0 bridgehead atoms. The van der Waals surface area contributed by atoms with Gasteiger partial charge in [0.15, 0.2) is 25.5 Å². The number of rotatable bonds is 7. The van der Waals surface area contributed by atoms with Crippen molar-refractivity contribution in [1.29, 1.82) is 0 Å². The molecule has 39 heavy (non-hydrogen) atoms. The molecule has 0 unspecified atom stereocenters. The van der Waals surface area contributed by atoms with Crippen LogP contribution in [0.5, 0.6) is 5.75 Å². The van der Waals surface area contributed by atoms with Gasteiger partial charge in [0.2, 0.25) is 5.82 Å². The molecule has 1 N–H and O–H groups in total. The smallest absolute Gasteiger partial charge is 0.417 e. The number of amides is 1. The maximum Gasteiger partial charge on any atom is 0.417 e. The van der Waals surface area contributed by atoms with Crippen LogP contribution in [0.25, 0.3) is 0 Å². The molecule has 4 atom stereocenters. The van der Waals surface area contributed by atoms with Gasteiger partial charge in [-0.2, -0.15) is 27.8 Å². The molecule has 3 rings (SSSR count). The zero-order valence-corrected chi connectivity index (χ0v) is 24.2. The number of benzene rings is 1. The largest absolute Gasteiger partial charge is 0.493 e. The van der Waals surface area contributed by atoms with E-state index in [4.69, 9.17) is 13.9 Å². The molecular formula is C26H34F5N3O4Si. The van der Waals surface area contributed by atoms with Crippen molar-refractivity contribution in [1.82, 2.24) is 10.2 Å². The van der Waals surface area contributed by atoms with Gasteiger partial charge in [-0.3, -0.25) is 4.79 Å². The van der Waals surface area contributed by atoms with E-state index in [2.05, 4.69) is 49.4 Å². The first-order valence-electron chi connectivity index (χ1n) is 12.4. The van der Waals surface area contributed by atoms with Crippen molar-refractivity contribution in [2.75, 3.05) is 12.4 Å². The molecule has 0 saturated carbocycles. The third-order valence-electron chi connectivity index (χ3n) is 7.93. The number of anilines is 1. The average Bonchev–Trinajstić information content (AvgIpc) is 3.11. The maximum atomic E-state index is 14.5. The molecule has 0 aliphatic carbocycles. The highest BCUT2D eigenvalue weighted by atomic mass is 28.4. The highest BCUT2D eigenvalue weighted by Crippen LogP contribution is 2.55. The predicted octanol–water partition coefficient (Wildman–Crippen LogP) is 6.36. The zero-order valence-electron chi connectivity index (χ0n) is 23.2. The van der Waals surface area contributed by atoms with Gasteiger partial charge in [0.25, 0.3) is 5.91 Å². The van der Waals surface area contributed by atoms with E-state index in [-0.39, 0.29) is 22.9 Å². The van der Waals surface area contributed by atoms with E-state index < -0.39 is 61.3 Å². The second-order valence-electron chi connectivity index (χ2n) is 11.4. The van der Waals surface area contributed by atoms with E-state index >= 15 is 0 Å². The number of halogens is 5. The maximum absolute atomic E-state index is 14.5. The van der Waals surface area contributed by atoms with Gasteiger partial charge >= 0.3 is 6.18 Å². The van der Waals surface area contributed by atoms with Gasteiger partial charge in [-0.25, -0.2) is 4.39 Å². The van der Waals surface area contributed by atoms with Crippen molar-refractivity contribution >= 4 is 19.9 Å². The predicted molar refractivity (Wildman–Crippen MR) is 137 cm³/mol. The molecule has 1 amide bonds. The number of hydrogen-bond acceptors (Lipinski definition) is 6. The van der Waals surface area contributed by atoms with Crippen LogP contribution in [-0.2, 0) is 20.6 Å². The van der Waals surface area contributed by atoms with Crippen molar-refractivity contribution in [2.24, 2.45) is 5.92 Å². The Kier molecular flexibility index (Phi) is 8.50. The minimum atomic E-state index is -4.86. The van der Waals surface area contributed by atoms with Crippen LogP contribution >= 0.6 is 0 Å². The van der Waals surface area contributed by atoms with Crippen LogP contribution in [0.4, 0.5) is 27.6 Å². The van der Waals surface area contributed by atoms with Crippen LogP contribution in [0.15, 0.2) is 24.4 Å². The SMILES string of the molecule is COc1c([C@H]2[C@H](C(=O)Nc3cnnc(CO[Si](C)(C)C(C)(C)C)c3)O[C@@](C)(C(F)(F)F)[C@H]2C)ccc(F)c1F. The molecule has 1 aromatic carbocycles. The summed E-state index contributed by atoms with van der Waals surface area (Å²) in [7, 11) is -1.05. The summed E-state index contributed by atoms with van der Waals surface area (Å²) in [4.78, 5) is 13.4. The number of carbonyl (C=O) groups is 1. The van der Waals surface area contributed by atoms with Gasteiger partial charge in [0.05, 0.1) is 31.3 Å². The lowest BCUT2D eigenvalue weighted by molar-refractivity contribution is -0.272.